The number of rotatable bonds is 4. The molecule has 0 spiro atoms. The van der Waals surface area contributed by atoms with E-state index in [1.54, 1.807) is 13.2 Å². The van der Waals surface area contributed by atoms with E-state index in [1.165, 1.54) is 6.42 Å². The molecule has 1 saturated carbocycles. The van der Waals surface area contributed by atoms with E-state index in [0.717, 1.165) is 30.6 Å². The highest BCUT2D eigenvalue weighted by Gasteiger charge is 2.26. The summed E-state index contributed by atoms with van der Waals surface area (Å²) in [7, 11) is 3.66. The third-order valence-electron chi connectivity index (χ3n) is 4.09. The van der Waals surface area contributed by atoms with Gasteiger partial charge in [-0.2, -0.15) is 5.26 Å². The SMILES string of the molecule is COc1ccc(C#N)cc1CN(C)C1CCCCC1O. The average Bonchev–Trinajstić information content (AvgIpc) is 2.47. The zero-order chi connectivity index (χ0) is 14.5. The van der Waals surface area contributed by atoms with Crippen LogP contribution in [-0.2, 0) is 6.54 Å². The predicted octanol–water partition coefficient (Wildman–Crippen LogP) is 2.30. The third kappa shape index (κ3) is 3.30. The van der Waals surface area contributed by atoms with Crippen LogP contribution >= 0.6 is 0 Å². The van der Waals surface area contributed by atoms with Gasteiger partial charge in [0.1, 0.15) is 5.75 Å². The molecule has 2 unspecified atom stereocenters. The van der Waals surface area contributed by atoms with Gasteiger partial charge in [0.2, 0.25) is 0 Å². The highest BCUT2D eigenvalue weighted by Crippen LogP contribution is 2.26. The molecule has 1 aromatic rings. The molecule has 1 aliphatic carbocycles. The molecule has 20 heavy (non-hydrogen) atoms. The van der Waals surface area contributed by atoms with Crippen LogP contribution in [0.3, 0.4) is 0 Å². The van der Waals surface area contributed by atoms with E-state index in [-0.39, 0.29) is 12.1 Å². The molecule has 1 fully saturated rings. The molecule has 0 aromatic heterocycles. The minimum atomic E-state index is -0.251. The van der Waals surface area contributed by atoms with E-state index in [9.17, 15) is 5.11 Å². The molecule has 108 valence electrons. The summed E-state index contributed by atoms with van der Waals surface area (Å²) in [4.78, 5) is 2.17. The lowest BCUT2D eigenvalue weighted by atomic mass is 9.91. The fourth-order valence-electron chi connectivity index (χ4n) is 2.96. The van der Waals surface area contributed by atoms with Crippen molar-refractivity contribution in [1.82, 2.24) is 4.90 Å². The second-order valence-corrected chi connectivity index (χ2v) is 5.47. The van der Waals surface area contributed by atoms with Crippen LogP contribution in [0.1, 0.15) is 36.8 Å². The average molecular weight is 274 g/mol. The molecule has 0 heterocycles. The lowest BCUT2D eigenvalue weighted by molar-refractivity contribution is 0.0285. The van der Waals surface area contributed by atoms with Crippen molar-refractivity contribution in [2.75, 3.05) is 14.2 Å². The summed E-state index contributed by atoms with van der Waals surface area (Å²) in [6.45, 7) is 0.681. The van der Waals surface area contributed by atoms with Crippen molar-refractivity contribution in [1.29, 1.82) is 5.26 Å². The van der Waals surface area contributed by atoms with Gasteiger partial charge in [0, 0.05) is 18.2 Å². The smallest absolute Gasteiger partial charge is 0.123 e. The van der Waals surface area contributed by atoms with Crippen molar-refractivity contribution < 1.29 is 9.84 Å². The molecular weight excluding hydrogens is 252 g/mol. The minimum absolute atomic E-state index is 0.194. The standard InChI is InChI=1S/C16H22N2O2/c1-18(14-5-3-4-6-15(14)19)11-13-9-12(10-17)7-8-16(13)20-2/h7-9,14-15,19H,3-6,11H2,1-2H3. The van der Waals surface area contributed by atoms with Gasteiger partial charge in [-0.15, -0.1) is 0 Å². The molecule has 1 aromatic carbocycles. The second kappa shape index (κ2) is 6.74. The Hall–Kier alpha value is -1.57. The maximum absolute atomic E-state index is 10.1. The van der Waals surface area contributed by atoms with E-state index in [1.807, 2.05) is 19.2 Å². The highest BCUT2D eigenvalue weighted by atomic mass is 16.5. The first kappa shape index (κ1) is 14.8. The summed E-state index contributed by atoms with van der Waals surface area (Å²) in [5.74, 6) is 0.793. The number of ether oxygens (including phenoxy) is 1. The Labute approximate surface area is 120 Å². The number of benzene rings is 1. The van der Waals surface area contributed by atoms with Crippen molar-refractivity contribution in [3.63, 3.8) is 0 Å². The topological polar surface area (TPSA) is 56.5 Å². The normalized spacial score (nSPS) is 22.6. The monoisotopic (exact) mass is 274 g/mol. The fourth-order valence-corrected chi connectivity index (χ4v) is 2.96. The number of hydrogen-bond acceptors (Lipinski definition) is 4. The Bertz CT molecular complexity index is 496. The summed E-state index contributed by atoms with van der Waals surface area (Å²) < 4.78 is 5.36. The number of aliphatic hydroxyl groups is 1. The number of nitrogens with zero attached hydrogens (tertiary/aromatic N) is 2. The number of nitriles is 1. The van der Waals surface area contributed by atoms with Crippen molar-refractivity contribution in [2.24, 2.45) is 0 Å². The van der Waals surface area contributed by atoms with E-state index < -0.39 is 0 Å². The number of hydrogen-bond donors (Lipinski definition) is 1. The van der Waals surface area contributed by atoms with Gasteiger partial charge in [0.25, 0.3) is 0 Å². The van der Waals surface area contributed by atoms with Crippen LogP contribution in [0.5, 0.6) is 5.75 Å². The van der Waals surface area contributed by atoms with Gasteiger partial charge in [-0.05, 0) is 38.1 Å². The Kier molecular flexibility index (Phi) is 4.99. The van der Waals surface area contributed by atoms with Crippen molar-refractivity contribution in [3.05, 3.63) is 29.3 Å². The molecule has 0 saturated heterocycles. The zero-order valence-electron chi connectivity index (χ0n) is 12.2. The Morgan fingerprint density at radius 3 is 2.80 bits per heavy atom. The molecule has 4 heteroatoms. The van der Waals surface area contributed by atoms with Crippen LogP contribution in [0, 0.1) is 11.3 Å². The van der Waals surface area contributed by atoms with Crippen LogP contribution in [0.15, 0.2) is 18.2 Å². The highest BCUT2D eigenvalue weighted by molar-refractivity contribution is 5.42. The molecule has 0 aliphatic heterocycles. The van der Waals surface area contributed by atoms with Crippen LogP contribution in [0.4, 0.5) is 0 Å². The Balaban J connectivity index is 2.14. The van der Waals surface area contributed by atoms with Crippen molar-refractivity contribution in [2.45, 2.75) is 44.4 Å². The number of aliphatic hydroxyl groups excluding tert-OH is 1. The van der Waals surface area contributed by atoms with E-state index in [4.69, 9.17) is 10.00 Å². The lowest BCUT2D eigenvalue weighted by Crippen LogP contribution is -2.42. The third-order valence-corrected chi connectivity index (χ3v) is 4.09. The van der Waals surface area contributed by atoms with Crippen molar-refractivity contribution >= 4 is 0 Å². The van der Waals surface area contributed by atoms with Gasteiger partial charge in [-0.25, -0.2) is 0 Å². The zero-order valence-corrected chi connectivity index (χ0v) is 12.2. The first-order valence-electron chi connectivity index (χ1n) is 7.11. The van der Waals surface area contributed by atoms with E-state index in [2.05, 4.69) is 11.0 Å². The largest absolute Gasteiger partial charge is 0.496 e. The molecule has 2 atom stereocenters. The maximum atomic E-state index is 10.1. The summed E-state index contributed by atoms with van der Waals surface area (Å²) in [6, 6.07) is 7.81. The summed E-state index contributed by atoms with van der Waals surface area (Å²) in [5, 5.41) is 19.1. The molecule has 0 amide bonds. The number of likely N-dealkylation sites (N-methyl/N-ethyl adjacent to an activating group) is 1. The van der Waals surface area contributed by atoms with Crippen LogP contribution in [0.2, 0.25) is 0 Å². The first-order valence-corrected chi connectivity index (χ1v) is 7.11. The number of methoxy groups -OCH3 is 1. The quantitative estimate of drug-likeness (QED) is 0.915. The lowest BCUT2D eigenvalue weighted by Gasteiger charge is -2.35. The molecule has 2 rings (SSSR count). The van der Waals surface area contributed by atoms with Crippen molar-refractivity contribution in [3.8, 4) is 11.8 Å². The van der Waals surface area contributed by atoms with Gasteiger partial charge >= 0.3 is 0 Å². The Morgan fingerprint density at radius 2 is 2.15 bits per heavy atom. The van der Waals surface area contributed by atoms with Gasteiger partial charge in [0.05, 0.1) is 24.8 Å². The molecule has 4 nitrogen and oxygen atoms in total. The minimum Gasteiger partial charge on any atom is -0.496 e. The second-order valence-electron chi connectivity index (χ2n) is 5.47. The summed E-state index contributed by atoms with van der Waals surface area (Å²) >= 11 is 0. The van der Waals surface area contributed by atoms with E-state index >= 15 is 0 Å². The van der Waals surface area contributed by atoms with Gasteiger partial charge < -0.3 is 9.84 Å². The molecule has 0 radical (unpaired) electrons. The fraction of sp³-hybridized carbons (Fsp3) is 0.562. The molecule has 1 aliphatic rings. The van der Waals surface area contributed by atoms with Crippen LogP contribution in [0.25, 0.3) is 0 Å². The Morgan fingerprint density at radius 1 is 1.40 bits per heavy atom. The van der Waals surface area contributed by atoms with E-state index in [0.29, 0.717) is 12.1 Å². The molecule has 0 bridgehead atoms. The van der Waals surface area contributed by atoms with Gasteiger partial charge in [0.15, 0.2) is 0 Å². The van der Waals surface area contributed by atoms with Gasteiger partial charge in [-0.1, -0.05) is 12.8 Å². The van der Waals surface area contributed by atoms with Crippen LogP contribution in [-0.4, -0.2) is 36.3 Å². The summed E-state index contributed by atoms with van der Waals surface area (Å²) in [5.41, 5.74) is 1.63. The molecular formula is C16H22N2O2. The first-order chi connectivity index (χ1) is 9.65. The van der Waals surface area contributed by atoms with Gasteiger partial charge in [-0.3, -0.25) is 4.90 Å². The summed E-state index contributed by atoms with van der Waals surface area (Å²) in [6.07, 6.45) is 3.93. The maximum Gasteiger partial charge on any atom is 0.123 e. The molecule has 1 N–H and O–H groups in total. The van der Waals surface area contributed by atoms with Crippen LogP contribution < -0.4 is 4.74 Å². The predicted molar refractivity (Wildman–Crippen MR) is 77.4 cm³/mol.